The summed E-state index contributed by atoms with van der Waals surface area (Å²) in [5, 5.41) is 19.0. The Bertz CT molecular complexity index is 1910. The number of sulfonamides is 1. The minimum Gasteiger partial charge on any atom is -0.495 e. The average molecular weight is 615 g/mol. The van der Waals surface area contributed by atoms with Crippen LogP contribution in [0.5, 0.6) is 5.75 Å². The molecule has 0 spiro atoms. The SMILES string of the molecule is COc1cc(C(N)=O)c(C(=O)Nc2n[nH]c3c2CN(S(=O)(=O)c2cc(F)cc(F)c2)C3(C)C)cc1-n1cccc1C(=O)O. The van der Waals surface area contributed by atoms with Crippen LogP contribution in [0.2, 0.25) is 0 Å². The van der Waals surface area contributed by atoms with E-state index in [-0.39, 0.29) is 46.2 Å². The molecule has 5 rings (SSSR count). The Hall–Kier alpha value is -5.09. The number of carboxylic acid groups (broad SMARTS) is 1. The summed E-state index contributed by atoms with van der Waals surface area (Å²) >= 11 is 0. The van der Waals surface area contributed by atoms with Crippen LogP contribution in [0.3, 0.4) is 0 Å². The lowest BCUT2D eigenvalue weighted by molar-refractivity contribution is 0.0687. The molecule has 0 unspecified atom stereocenters. The molecule has 3 heterocycles. The maximum absolute atomic E-state index is 13.9. The number of carboxylic acids is 1. The number of hydrogen-bond acceptors (Lipinski definition) is 7. The van der Waals surface area contributed by atoms with Crippen molar-refractivity contribution in [1.29, 1.82) is 0 Å². The molecule has 2 amide bonds. The van der Waals surface area contributed by atoms with Gasteiger partial charge >= 0.3 is 5.97 Å². The van der Waals surface area contributed by atoms with Crippen LogP contribution >= 0.6 is 0 Å². The van der Waals surface area contributed by atoms with Gasteiger partial charge in [-0.1, -0.05) is 0 Å². The van der Waals surface area contributed by atoms with Crippen molar-refractivity contribution in [3.05, 3.63) is 88.4 Å². The highest BCUT2D eigenvalue weighted by Gasteiger charge is 2.48. The second kappa shape index (κ2) is 10.3. The fourth-order valence-electron chi connectivity index (χ4n) is 5.04. The van der Waals surface area contributed by atoms with Crippen molar-refractivity contribution in [1.82, 2.24) is 19.1 Å². The lowest BCUT2D eigenvalue weighted by Crippen LogP contribution is -2.40. The first kappa shape index (κ1) is 29.4. The zero-order chi connectivity index (χ0) is 31.4. The van der Waals surface area contributed by atoms with Crippen LogP contribution in [0.25, 0.3) is 5.69 Å². The smallest absolute Gasteiger partial charge is 0.352 e. The number of fused-ring (bicyclic) bond motifs is 1. The van der Waals surface area contributed by atoms with Crippen LogP contribution < -0.4 is 15.8 Å². The highest BCUT2D eigenvalue weighted by Crippen LogP contribution is 2.44. The lowest BCUT2D eigenvalue weighted by Gasteiger charge is -2.30. The number of nitrogens with zero attached hydrogens (tertiary/aromatic N) is 3. The molecule has 16 heteroatoms. The van der Waals surface area contributed by atoms with Gasteiger partial charge in [0.05, 0.1) is 40.1 Å². The third-order valence-corrected chi connectivity index (χ3v) is 9.11. The quantitative estimate of drug-likeness (QED) is 0.233. The molecule has 0 fully saturated rings. The van der Waals surface area contributed by atoms with Crippen LogP contribution in [0.15, 0.2) is 53.6 Å². The molecule has 0 radical (unpaired) electrons. The number of ether oxygens (including phenoxy) is 1. The number of H-pyrrole nitrogens is 1. The van der Waals surface area contributed by atoms with Gasteiger partial charge in [-0.15, -0.1) is 0 Å². The Morgan fingerprint density at radius 2 is 1.79 bits per heavy atom. The van der Waals surface area contributed by atoms with Crippen molar-refractivity contribution in [2.75, 3.05) is 12.4 Å². The molecular weight excluding hydrogens is 590 g/mol. The van der Waals surface area contributed by atoms with Crippen molar-refractivity contribution in [2.24, 2.45) is 5.73 Å². The molecule has 2 aromatic carbocycles. The molecule has 1 aliphatic heterocycles. The molecule has 4 aromatic rings. The number of carbonyl (C=O) groups excluding carboxylic acids is 2. The molecular formula is C27H24F2N6O7S. The number of rotatable bonds is 8. The van der Waals surface area contributed by atoms with E-state index >= 15 is 0 Å². The normalized spacial score (nSPS) is 14.3. The third kappa shape index (κ3) is 4.89. The van der Waals surface area contributed by atoms with E-state index in [4.69, 9.17) is 10.5 Å². The lowest BCUT2D eigenvalue weighted by atomic mass is 10.0. The van der Waals surface area contributed by atoms with Crippen LogP contribution in [-0.2, 0) is 22.1 Å². The number of primary amides is 1. The van der Waals surface area contributed by atoms with Gasteiger partial charge in [0.2, 0.25) is 15.9 Å². The summed E-state index contributed by atoms with van der Waals surface area (Å²) in [7, 11) is -3.14. The first-order chi connectivity index (χ1) is 20.2. The highest BCUT2D eigenvalue weighted by atomic mass is 32.2. The van der Waals surface area contributed by atoms with Crippen molar-refractivity contribution in [3.8, 4) is 11.4 Å². The molecule has 0 aliphatic carbocycles. The fourth-order valence-corrected chi connectivity index (χ4v) is 6.81. The average Bonchev–Trinajstić information content (AvgIpc) is 3.63. The predicted octanol–water partition coefficient (Wildman–Crippen LogP) is 2.98. The number of amides is 2. The largest absolute Gasteiger partial charge is 0.495 e. The van der Waals surface area contributed by atoms with Crippen molar-refractivity contribution in [3.63, 3.8) is 0 Å². The van der Waals surface area contributed by atoms with Gasteiger partial charge in [-0.05, 0) is 50.2 Å². The van der Waals surface area contributed by atoms with Crippen LogP contribution in [0.1, 0.15) is 56.3 Å². The summed E-state index contributed by atoms with van der Waals surface area (Å²) in [6.07, 6.45) is 1.43. The van der Waals surface area contributed by atoms with E-state index in [2.05, 4.69) is 15.5 Å². The number of carbonyl (C=O) groups is 3. The number of aromatic nitrogens is 3. The fraction of sp³-hybridized carbons (Fsp3) is 0.185. The van der Waals surface area contributed by atoms with E-state index in [0.29, 0.717) is 23.9 Å². The number of aromatic amines is 1. The molecule has 224 valence electrons. The van der Waals surface area contributed by atoms with E-state index in [1.165, 1.54) is 42.1 Å². The number of methoxy groups -OCH3 is 1. The van der Waals surface area contributed by atoms with Crippen molar-refractivity contribution < 1.29 is 41.4 Å². The summed E-state index contributed by atoms with van der Waals surface area (Å²) in [5.41, 5.74) is 4.32. The first-order valence-electron chi connectivity index (χ1n) is 12.5. The van der Waals surface area contributed by atoms with Gasteiger partial charge in [-0.25, -0.2) is 22.0 Å². The molecule has 0 atom stereocenters. The van der Waals surface area contributed by atoms with E-state index in [0.717, 1.165) is 4.31 Å². The molecule has 2 aromatic heterocycles. The summed E-state index contributed by atoms with van der Waals surface area (Å²) < 4.78 is 62.2. The second-order valence-electron chi connectivity index (χ2n) is 10.1. The van der Waals surface area contributed by atoms with Gasteiger partial charge < -0.3 is 25.5 Å². The Morgan fingerprint density at radius 1 is 1.12 bits per heavy atom. The summed E-state index contributed by atoms with van der Waals surface area (Å²) in [5.74, 6) is -5.26. The maximum atomic E-state index is 13.9. The van der Waals surface area contributed by atoms with Gasteiger partial charge in [-0.3, -0.25) is 14.7 Å². The predicted molar refractivity (Wildman–Crippen MR) is 146 cm³/mol. The summed E-state index contributed by atoms with van der Waals surface area (Å²) in [6.45, 7) is 2.78. The minimum absolute atomic E-state index is 0.0566. The number of nitrogens with two attached hydrogens (primary N) is 1. The maximum Gasteiger partial charge on any atom is 0.352 e. The molecule has 0 saturated carbocycles. The number of aromatic carboxylic acids is 1. The zero-order valence-electron chi connectivity index (χ0n) is 22.8. The van der Waals surface area contributed by atoms with Gasteiger partial charge in [-0.2, -0.15) is 9.40 Å². The van der Waals surface area contributed by atoms with Crippen LogP contribution in [0, 0.1) is 11.6 Å². The minimum atomic E-state index is -4.43. The molecule has 0 saturated heterocycles. The Balaban J connectivity index is 1.53. The highest BCUT2D eigenvalue weighted by molar-refractivity contribution is 7.89. The first-order valence-corrected chi connectivity index (χ1v) is 13.9. The Morgan fingerprint density at radius 3 is 2.40 bits per heavy atom. The summed E-state index contributed by atoms with van der Waals surface area (Å²) in [4.78, 5) is 37.0. The molecule has 1 aliphatic rings. The number of anilines is 1. The van der Waals surface area contributed by atoms with Gasteiger partial charge in [0, 0.05) is 24.4 Å². The molecule has 0 bridgehead atoms. The molecule has 13 nitrogen and oxygen atoms in total. The standard InChI is InChI=1S/C27H24F2N6O7S/c1-27(2)22-18(12-35(27)43(40,41)15-8-13(28)7-14(29)9-15)24(33-32-22)31-25(37)17-10-20(21(42-3)11-16(17)23(30)36)34-6-4-5-19(34)26(38)39/h4-11H,12H2,1-3H3,(H2,30,36)(H,38,39)(H2,31,32,33,37). The van der Waals surface area contributed by atoms with Crippen LogP contribution in [-0.4, -0.2) is 57.5 Å². The molecule has 5 N–H and O–H groups in total. The second-order valence-corrected chi connectivity index (χ2v) is 11.9. The zero-order valence-corrected chi connectivity index (χ0v) is 23.6. The number of halogens is 2. The summed E-state index contributed by atoms with van der Waals surface area (Å²) in [6, 6.07) is 7.19. The van der Waals surface area contributed by atoms with E-state index in [9.17, 15) is 36.7 Å². The van der Waals surface area contributed by atoms with Gasteiger partial charge in [0.25, 0.3) is 5.91 Å². The van der Waals surface area contributed by atoms with E-state index in [1.807, 2.05) is 0 Å². The molecule has 43 heavy (non-hydrogen) atoms. The number of hydrogen-bond donors (Lipinski definition) is 4. The number of benzene rings is 2. The van der Waals surface area contributed by atoms with Crippen LogP contribution in [0.4, 0.5) is 14.6 Å². The number of nitrogens with one attached hydrogen (secondary N) is 2. The van der Waals surface area contributed by atoms with Crippen molar-refractivity contribution >= 4 is 33.6 Å². The Kier molecular flexibility index (Phi) is 7.06. The van der Waals surface area contributed by atoms with E-state index in [1.54, 1.807) is 13.8 Å². The van der Waals surface area contributed by atoms with E-state index < -0.39 is 49.9 Å². The topological polar surface area (TPSA) is 190 Å². The van der Waals surface area contributed by atoms with Gasteiger partial charge in [0.15, 0.2) is 5.82 Å². The van der Waals surface area contributed by atoms with Gasteiger partial charge in [0.1, 0.15) is 23.1 Å². The monoisotopic (exact) mass is 614 g/mol. The Labute approximate surface area is 242 Å². The van der Waals surface area contributed by atoms with Crippen molar-refractivity contribution in [2.45, 2.75) is 30.8 Å². The third-order valence-electron chi connectivity index (χ3n) is 7.12.